The van der Waals surface area contributed by atoms with E-state index in [0.717, 1.165) is 21.2 Å². The Morgan fingerprint density at radius 3 is 2.74 bits per heavy atom. The van der Waals surface area contributed by atoms with Crippen LogP contribution in [-0.2, 0) is 0 Å². The van der Waals surface area contributed by atoms with E-state index in [2.05, 4.69) is 21.0 Å². The van der Waals surface area contributed by atoms with Crippen molar-refractivity contribution in [1.29, 1.82) is 0 Å². The van der Waals surface area contributed by atoms with Crippen molar-refractivity contribution < 1.29 is 9.15 Å². The van der Waals surface area contributed by atoms with Crippen molar-refractivity contribution in [3.05, 3.63) is 92.1 Å². The largest absolute Gasteiger partial charge is 0.490 e. The lowest BCUT2D eigenvalue weighted by Crippen LogP contribution is -2.20. The Bertz CT molecular complexity index is 1620. The maximum absolute atomic E-state index is 13.4. The quantitative estimate of drug-likeness (QED) is 0.229. The molecule has 5 rings (SSSR count). The lowest BCUT2D eigenvalue weighted by atomic mass is 10.2. The van der Waals surface area contributed by atoms with Crippen molar-refractivity contribution in [1.82, 2.24) is 9.66 Å². The first-order valence-electron chi connectivity index (χ1n) is 10.6. The van der Waals surface area contributed by atoms with Crippen LogP contribution in [0.2, 0.25) is 5.02 Å². The van der Waals surface area contributed by atoms with Crippen LogP contribution in [0.3, 0.4) is 0 Å². The second kappa shape index (κ2) is 9.08. The average Bonchev–Trinajstić information content (AvgIpc) is 3.23. The summed E-state index contributed by atoms with van der Waals surface area (Å²) in [4.78, 5) is 18.1. The Kier molecular flexibility index (Phi) is 5.98. The zero-order valence-electron chi connectivity index (χ0n) is 18.3. The minimum absolute atomic E-state index is 0.0549. The van der Waals surface area contributed by atoms with Gasteiger partial charge < -0.3 is 9.15 Å². The molecule has 0 radical (unpaired) electrons. The van der Waals surface area contributed by atoms with Crippen molar-refractivity contribution >= 4 is 55.6 Å². The molecule has 8 heteroatoms. The minimum atomic E-state index is -0.297. The summed E-state index contributed by atoms with van der Waals surface area (Å²) in [7, 11) is 0. The third-order valence-corrected chi connectivity index (χ3v) is 5.95. The fraction of sp³-hybridized carbons (Fsp3) is 0.115. The lowest BCUT2D eigenvalue weighted by molar-refractivity contribution is 0.241. The highest BCUT2D eigenvalue weighted by Gasteiger charge is 2.16. The van der Waals surface area contributed by atoms with Crippen LogP contribution in [0.4, 0.5) is 0 Å². The molecular formula is C26H19BrClN3O3. The smallest absolute Gasteiger partial charge is 0.282 e. The third-order valence-electron chi connectivity index (χ3n) is 5.09. The Morgan fingerprint density at radius 1 is 1.12 bits per heavy atom. The second-order valence-corrected chi connectivity index (χ2v) is 9.25. The summed E-state index contributed by atoms with van der Waals surface area (Å²) >= 11 is 9.66. The molecule has 0 unspecified atom stereocenters. The number of rotatable bonds is 5. The Balaban J connectivity index is 1.64. The number of hydrogen-bond acceptors (Lipinski definition) is 5. The lowest BCUT2D eigenvalue weighted by Gasteiger charge is -2.11. The van der Waals surface area contributed by atoms with Gasteiger partial charge in [0.2, 0.25) is 5.82 Å². The standard InChI is InChI=1S/C26H19BrClN3O3/c1-15(2)33-23-9-7-16(11-20(23)27)14-29-31-25(30-21-6-4-3-5-19(21)26(31)32)24-13-17-12-18(28)8-10-22(17)34-24/h3-15H,1-2H3. The molecule has 0 atom stereocenters. The summed E-state index contributed by atoms with van der Waals surface area (Å²) in [5, 5.41) is 6.36. The van der Waals surface area contributed by atoms with Crippen molar-refractivity contribution in [2.24, 2.45) is 5.10 Å². The van der Waals surface area contributed by atoms with E-state index in [1.54, 1.807) is 48.7 Å². The Morgan fingerprint density at radius 2 is 1.94 bits per heavy atom. The molecule has 0 amide bonds. The molecule has 170 valence electrons. The topological polar surface area (TPSA) is 69.6 Å². The summed E-state index contributed by atoms with van der Waals surface area (Å²) in [6.45, 7) is 3.93. The number of furan rings is 1. The van der Waals surface area contributed by atoms with Gasteiger partial charge in [0, 0.05) is 10.4 Å². The highest BCUT2D eigenvalue weighted by atomic mass is 79.9. The summed E-state index contributed by atoms with van der Waals surface area (Å²) in [6.07, 6.45) is 1.66. The summed E-state index contributed by atoms with van der Waals surface area (Å²) < 4.78 is 13.8. The molecule has 0 aliphatic carbocycles. The summed E-state index contributed by atoms with van der Waals surface area (Å²) in [5.41, 5.74) is 1.69. The number of aromatic nitrogens is 2. The predicted molar refractivity (Wildman–Crippen MR) is 139 cm³/mol. The molecule has 2 heterocycles. The molecule has 2 aromatic heterocycles. The number of benzene rings is 3. The van der Waals surface area contributed by atoms with E-state index >= 15 is 0 Å². The van der Waals surface area contributed by atoms with Gasteiger partial charge >= 0.3 is 0 Å². The number of nitrogens with zero attached hydrogens (tertiary/aromatic N) is 3. The predicted octanol–water partition coefficient (Wildman–Crippen LogP) is 6.90. The highest BCUT2D eigenvalue weighted by molar-refractivity contribution is 9.10. The molecule has 6 nitrogen and oxygen atoms in total. The first kappa shape index (κ1) is 22.4. The van der Waals surface area contributed by atoms with E-state index in [1.807, 2.05) is 38.1 Å². The monoisotopic (exact) mass is 535 g/mol. The van der Waals surface area contributed by atoms with Crippen LogP contribution in [-0.4, -0.2) is 22.0 Å². The van der Waals surface area contributed by atoms with Gasteiger partial charge in [-0.2, -0.15) is 9.78 Å². The van der Waals surface area contributed by atoms with Gasteiger partial charge in [0.05, 0.1) is 27.7 Å². The SMILES string of the molecule is CC(C)Oc1ccc(C=Nn2c(-c3cc4cc(Cl)ccc4o3)nc3ccccc3c2=O)cc1Br. The van der Waals surface area contributed by atoms with Crippen LogP contribution in [0, 0.1) is 0 Å². The fourth-order valence-corrected chi connectivity index (χ4v) is 4.26. The van der Waals surface area contributed by atoms with Crippen molar-refractivity contribution in [2.75, 3.05) is 0 Å². The fourth-order valence-electron chi connectivity index (χ4n) is 3.59. The molecular weight excluding hydrogens is 518 g/mol. The summed E-state index contributed by atoms with van der Waals surface area (Å²) in [6, 6.07) is 19.9. The van der Waals surface area contributed by atoms with Gasteiger partial charge in [0.1, 0.15) is 11.3 Å². The van der Waals surface area contributed by atoms with E-state index in [-0.39, 0.29) is 11.7 Å². The van der Waals surface area contributed by atoms with Crippen LogP contribution in [0.25, 0.3) is 33.5 Å². The van der Waals surface area contributed by atoms with Crippen LogP contribution >= 0.6 is 27.5 Å². The third kappa shape index (κ3) is 4.36. The maximum Gasteiger partial charge on any atom is 0.282 e. The molecule has 34 heavy (non-hydrogen) atoms. The normalized spacial score (nSPS) is 11.8. The van der Waals surface area contributed by atoms with Gasteiger partial charge in [0.25, 0.3) is 5.56 Å². The Labute approximate surface area is 208 Å². The van der Waals surface area contributed by atoms with Gasteiger partial charge in [-0.1, -0.05) is 23.7 Å². The number of ether oxygens (including phenoxy) is 1. The molecule has 5 aromatic rings. The van der Waals surface area contributed by atoms with E-state index in [4.69, 9.17) is 25.7 Å². The number of fused-ring (bicyclic) bond motifs is 2. The van der Waals surface area contributed by atoms with E-state index < -0.39 is 0 Å². The average molecular weight is 537 g/mol. The van der Waals surface area contributed by atoms with Crippen LogP contribution in [0.5, 0.6) is 5.75 Å². The zero-order valence-corrected chi connectivity index (χ0v) is 20.7. The van der Waals surface area contributed by atoms with Crippen molar-refractivity contribution in [3.63, 3.8) is 0 Å². The molecule has 0 fully saturated rings. The molecule has 3 aromatic carbocycles. The van der Waals surface area contributed by atoms with Crippen LogP contribution in [0.15, 0.2) is 85.5 Å². The molecule has 0 N–H and O–H groups in total. The van der Waals surface area contributed by atoms with E-state index in [1.165, 1.54) is 4.68 Å². The van der Waals surface area contributed by atoms with Gasteiger partial charge in [-0.15, -0.1) is 0 Å². The Hall–Kier alpha value is -3.42. The van der Waals surface area contributed by atoms with Crippen molar-refractivity contribution in [2.45, 2.75) is 20.0 Å². The van der Waals surface area contributed by atoms with Crippen LogP contribution in [0.1, 0.15) is 19.4 Å². The van der Waals surface area contributed by atoms with Gasteiger partial charge in [0.15, 0.2) is 5.76 Å². The highest BCUT2D eigenvalue weighted by Crippen LogP contribution is 2.29. The van der Waals surface area contributed by atoms with Gasteiger partial charge in [-0.25, -0.2) is 4.98 Å². The number of para-hydroxylation sites is 1. The first-order valence-corrected chi connectivity index (χ1v) is 11.8. The second-order valence-electron chi connectivity index (χ2n) is 7.96. The minimum Gasteiger partial charge on any atom is -0.490 e. The molecule has 0 saturated heterocycles. The molecule has 0 aliphatic heterocycles. The van der Waals surface area contributed by atoms with Crippen LogP contribution < -0.4 is 10.3 Å². The molecule has 0 bridgehead atoms. The number of halogens is 2. The molecule has 0 spiro atoms. The van der Waals surface area contributed by atoms with Gasteiger partial charge in [-0.3, -0.25) is 4.79 Å². The van der Waals surface area contributed by atoms with E-state index in [9.17, 15) is 4.79 Å². The molecule has 0 aliphatic rings. The molecule has 0 saturated carbocycles. The number of hydrogen-bond donors (Lipinski definition) is 0. The van der Waals surface area contributed by atoms with Crippen molar-refractivity contribution in [3.8, 4) is 17.3 Å². The van der Waals surface area contributed by atoms with Gasteiger partial charge in [-0.05, 0) is 89.9 Å². The van der Waals surface area contributed by atoms with E-state index in [0.29, 0.717) is 33.1 Å². The summed E-state index contributed by atoms with van der Waals surface area (Å²) in [5.74, 6) is 1.45. The maximum atomic E-state index is 13.4. The zero-order chi connectivity index (χ0) is 23.8. The first-order chi connectivity index (χ1) is 16.4.